The third kappa shape index (κ3) is 48.6. The smallest absolute Gasteiger partial charge is 0.138 e. The monoisotopic (exact) mass is 1950 g/mol. The Hall–Kier alpha value is -10.4. The maximum absolute atomic E-state index is 12.8. The van der Waals surface area contributed by atoms with Crippen molar-refractivity contribution in [2.24, 2.45) is 54.4 Å². The van der Waals surface area contributed by atoms with Crippen LogP contribution in [0, 0.1) is 38.0 Å². The van der Waals surface area contributed by atoms with Gasteiger partial charge in [-0.05, 0) is 286 Å². The minimum atomic E-state index is -0.564. The Labute approximate surface area is 760 Å². The SMILES string of the molecule is C=C(N)C/C=C/c1ccc(OCCF)cc1.C=C(N)CCC(O)c1ccc(OCCF)cc1.CC(=N)CCCc1ccc(OCCF)c(Cl)c1.CC(N)=NCc1ccc(F)c(C)c1.CC(N)=NCc1ccc(F)c(C)c1.CC(N)=NCc1cccc([123I])c1.CN(C)Cc1ccccc1Oc1ccc([123I])cc1CO.NC1=NC(c2ccc(OCCF)cc2)CC1. The van der Waals surface area contributed by atoms with E-state index < -0.39 is 32.8 Å². The molecule has 0 aliphatic carbocycles. The number of aliphatic hydroxyl groups excluding tert-OH is 2. The molecule has 0 saturated carbocycles. The lowest BCUT2D eigenvalue weighted by Gasteiger charge is -2.16. The Bertz CT molecular complexity index is 4720. The van der Waals surface area contributed by atoms with Crippen molar-refractivity contribution in [3.05, 3.63) is 310 Å². The van der Waals surface area contributed by atoms with E-state index in [2.05, 4.69) is 107 Å². The van der Waals surface area contributed by atoms with Gasteiger partial charge in [-0.1, -0.05) is 134 Å². The molecule has 1 aliphatic rings. The molecule has 0 bridgehead atoms. The van der Waals surface area contributed by atoms with E-state index in [0.717, 1.165) is 98.3 Å². The van der Waals surface area contributed by atoms with Crippen LogP contribution >= 0.6 is 56.8 Å². The number of nitrogens with zero attached hydrogens (tertiary/aromatic N) is 5. The molecular formula is C96H121ClF6I2N12O7. The van der Waals surface area contributed by atoms with Gasteiger partial charge in [-0.3, -0.25) is 20.0 Å². The Balaban J connectivity index is 0.000000367. The molecule has 15 N–H and O–H groups in total. The van der Waals surface area contributed by atoms with Crippen molar-refractivity contribution in [2.45, 2.75) is 138 Å². The number of aliphatic hydroxyl groups is 2. The van der Waals surface area contributed by atoms with E-state index in [4.69, 9.17) is 75.1 Å². The molecule has 124 heavy (non-hydrogen) atoms. The summed E-state index contributed by atoms with van der Waals surface area (Å²) < 4.78 is 102. The predicted molar refractivity (Wildman–Crippen MR) is 515 cm³/mol. The van der Waals surface area contributed by atoms with Crippen molar-refractivity contribution in [3.63, 3.8) is 0 Å². The summed E-state index contributed by atoms with van der Waals surface area (Å²) in [4.78, 5) is 18.6. The Kier molecular flexibility index (Phi) is 54.4. The quantitative estimate of drug-likeness (QED) is 0.00772. The zero-order valence-corrected chi connectivity index (χ0v) is 77.2. The first kappa shape index (κ1) is 108. The number of para-hydroxylation sites is 1. The van der Waals surface area contributed by atoms with Crippen LogP contribution in [0.5, 0.6) is 34.5 Å². The van der Waals surface area contributed by atoms with Crippen LogP contribution in [0.1, 0.15) is 146 Å². The molecule has 9 aromatic rings. The molecule has 0 amide bonds. The van der Waals surface area contributed by atoms with E-state index >= 15 is 0 Å². The average molecular weight is 1950 g/mol. The molecule has 2 atom stereocenters. The van der Waals surface area contributed by atoms with Gasteiger partial charge in [0.2, 0.25) is 0 Å². The molecule has 19 nitrogen and oxygen atoms in total. The van der Waals surface area contributed by atoms with Gasteiger partial charge in [0.05, 0.1) is 66.8 Å². The number of allylic oxidation sites excluding steroid dienone is 2. The number of hydrogen-bond donors (Lipinski definition) is 9. The molecule has 10 rings (SSSR count). The molecule has 670 valence electrons. The topological polar surface area (TPSA) is 319 Å². The Morgan fingerprint density at radius 1 is 0.581 bits per heavy atom. The van der Waals surface area contributed by atoms with Gasteiger partial charge in [0, 0.05) is 54.8 Å². The zero-order chi connectivity index (χ0) is 91.7. The summed E-state index contributed by atoms with van der Waals surface area (Å²) in [5, 5.41) is 27.1. The van der Waals surface area contributed by atoms with Crippen molar-refractivity contribution < 1.29 is 60.2 Å². The number of aliphatic imine (C=N–C) groups is 4. The number of ether oxygens (including phenoxy) is 5. The van der Waals surface area contributed by atoms with Gasteiger partial charge in [0.15, 0.2) is 0 Å². The zero-order valence-electron chi connectivity index (χ0n) is 72.1. The van der Waals surface area contributed by atoms with E-state index in [-0.39, 0.29) is 50.7 Å². The third-order valence-electron chi connectivity index (χ3n) is 17.0. The van der Waals surface area contributed by atoms with E-state index in [1.54, 1.807) is 96.1 Å². The van der Waals surface area contributed by atoms with Gasteiger partial charge < -0.3 is 78.6 Å². The normalized spacial score (nSPS) is 12.3. The lowest BCUT2D eigenvalue weighted by Crippen LogP contribution is -2.11. The number of amidine groups is 4. The number of halogens is 9. The average Bonchev–Trinajstić information content (AvgIpc) is 1.45. The number of alkyl halides is 4. The molecule has 2 unspecified atom stereocenters. The highest BCUT2D eigenvalue weighted by molar-refractivity contribution is 14.1. The lowest BCUT2D eigenvalue weighted by atomic mass is 10.0. The molecule has 0 aromatic heterocycles. The maximum Gasteiger partial charge on any atom is 0.138 e. The van der Waals surface area contributed by atoms with Gasteiger partial charge in [-0.2, -0.15) is 0 Å². The summed E-state index contributed by atoms with van der Waals surface area (Å²) in [6, 6.07) is 59.6. The highest BCUT2D eigenvalue weighted by atomic mass is 123. The number of aryl methyl sites for hydroxylation is 3. The van der Waals surface area contributed by atoms with Crippen molar-refractivity contribution in [2.75, 3.05) is 67.2 Å². The van der Waals surface area contributed by atoms with E-state index in [0.29, 0.717) is 118 Å². The summed E-state index contributed by atoms with van der Waals surface area (Å²) in [5.74, 6) is 6.11. The van der Waals surface area contributed by atoms with Crippen LogP contribution in [0.4, 0.5) is 26.3 Å². The number of benzene rings is 9. The molecule has 0 saturated heterocycles. The molecule has 9 aromatic carbocycles. The van der Waals surface area contributed by atoms with Crippen molar-refractivity contribution in [1.29, 1.82) is 5.41 Å². The van der Waals surface area contributed by atoms with Crippen LogP contribution < -0.4 is 58.1 Å². The number of hydrogen-bond acceptors (Lipinski definition) is 16. The first-order valence-electron chi connectivity index (χ1n) is 40.0. The molecule has 0 fully saturated rings. The molecule has 28 heteroatoms. The van der Waals surface area contributed by atoms with Crippen LogP contribution in [0.15, 0.2) is 245 Å². The summed E-state index contributed by atoms with van der Waals surface area (Å²) in [5.41, 5.74) is 45.1. The number of nitrogens with one attached hydrogen (secondary N) is 1. The number of rotatable bonds is 35. The minimum Gasteiger partial charge on any atom is -0.491 e. The molecule has 1 heterocycles. The standard InChI is InChI=1S/C16H18INO2.C13H17ClFNO.C13H18FNO2.C13H16FNO.C12H15FN2O.2C10H13FN2.C9H11IN2/c1-18(2)10-12-5-3-4-6-15(12)20-16-8-7-14(17)9-13(16)11-19;1-10(16)3-2-4-11-5-6-13(12(14)9-11)17-8-7-15;1-10(15)2-7-13(16)11-3-5-12(6-4-11)17-9-8-14;1-11(15)3-2-4-12-5-7-13(8-6-12)16-10-9-14;13-7-8-16-10-3-1-9(2-4-10)11-5-6-12(14)15-11;2*1-7-5-9(3-4-10(7)11)6-13-8(2)12;1-7(11)12-6-8-3-2-4-9(10)5-8/h3-9,19H,10-11H2,1-2H3;5-6,9,16H,2-4,7-8H2,1H3;3-6,13,16H,1-2,7-9,15H2;2,4-8H,1,3,9-10,15H2;1-4,11H,5-8H2,(H2,14,15);2*3-5H,6H2,1-2H3,(H2,12,13);2-5H,6H2,1H3,(H2,11,12)/b;;;4-2+;;;;/i17-4;;;;;;;10-4. The highest BCUT2D eigenvalue weighted by Crippen LogP contribution is 2.32. The molecule has 0 spiro atoms. The van der Waals surface area contributed by atoms with Gasteiger partial charge in [0.25, 0.3) is 0 Å². The fraction of sp³-hybridized carbons (Fsp3) is 0.323. The minimum absolute atomic E-state index is 0.0258. The first-order chi connectivity index (χ1) is 59.2. The summed E-state index contributed by atoms with van der Waals surface area (Å²) in [6.07, 6.45) is 9.60. The van der Waals surface area contributed by atoms with Gasteiger partial charge in [0.1, 0.15) is 99.3 Å². The van der Waals surface area contributed by atoms with Gasteiger partial charge in [-0.25, -0.2) is 26.3 Å². The van der Waals surface area contributed by atoms with Crippen molar-refractivity contribution in [1.82, 2.24) is 4.90 Å². The summed E-state index contributed by atoms with van der Waals surface area (Å²) in [7, 11) is 4.06. The molecule has 0 radical (unpaired) electrons. The lowest BCUT2D eigenvalue weighted by molar-refractivity contribution is 0.167. The molecule has 1 aliphatic heterocycles. The van der Waals surface area contributed by atoms with Crippen molar-refractivity contribution in [3.8, 4) is 34.5 Å². The van der Waals surface area contributed by atoms with E-state index in [9.17, 15) is 36.6 Å². The third-order valence-corrected chi connectivity index (χ3v) is 18.6. The second kappa shape index (κ2) is 62.6. The highest BCUT2D eigenvalue weighted by Gasteiger charge is 2.18. The molecular weight excluding hydrogens is 1830 g/mol. The Morgan fingerprint density at radius 3 is 1.52 bits per heavy atom. The van der Waals surface area contributed by atoms with Crippen LogP contribution in [0.2, 0.25) is 5.02 Å². The van der Waals surface area contributed by atoms with Crippen molar-refractivity contribution >= 4 is 91.9 Å². The van der Waals surface area contributed by atoms with Gasteiger partial charge in [-0.15, -0.1) is 0 Å². The second-order valence-corrected chi connectivity index (χ2v) is 31.3. The summed E-state index contributed by atoms with van der Waals surface area (Å²) in [6.45, 7) is 18.5. The van der Waals surface area contributed by atoms with E-state index in [1.807, 2.05) is 129 Å². The van der Waals surface area contributed by atoms with Crippen LogP contribution in [-0.4, -0.2) is 111 Å². The summed E-state index contributed by atoms with van der Waals surface area (Å²) >= 11 is 10.5. The number of nitrogens with two attached hydrogens (primary N) is 6. The fourth-order valence-electron chi connectivity index (χ4n) is 10.8. The van der Waals surface area contributed by atoms with Crippen LogP contribution in [0.3, 0.4) is 0 Å². The Morgan fingerprint density at radius 2 is 1.06 bits per heavy atom. The van der Waals surface area contributed by atoms with E-state index in [1.165, 1.54) is 21.3 Å². The second-order valence-electron chi connectivity index (χ2n) is 28.4. The van der Waals surface area contributed by atoms with Gasteiger partial charge >= 0.3 is 0 Å². The van der Waals surface area contributed by atoms with Crippen LogP contribution in [0.25, 0.3) is 6.08 Å². The first-order valence-corrected chi connectivity index (χ1v) is 42.5. The maximum atomic E-state index is 12.8. The van der Waals surface area contributed by atoms with Crippen LogP contribution in [-0.2, 0) is 39.2 Å². The largest absolute Gasteiger partial charge is 0.491 e. The predicted octanol–water partition coefficient (Wildman–Crippen LogP) is 21.3. The fourth-order valence-corrected chi connectivity index (χ4v) is 12.2.